The van der Waals surface area contributed by atoms with E-state index in [1.165, 1.54) is 0 Å². The second-order valence-electron chi connectivity index (χ2n) is 8.35. The highest BCUT2D eigenvalue weighted by atomic mass is 28.4. The quantitative estimate of drug-likeness (QED) is 0.711. The molecule has 2 fully saturated rings. The molecule has 18 heavy (non-hydrogen) atoms. The number of hydrogen-bond acceptors (Lipinski definition) is 2. The first-order chi connectivity index (χ1) is 7.91. The summed E-state index contributed by atoms with van der Waals surface area (Å²) in [6, 6.07) is 0. The standard InChI is InChI=1S/C15H28O2Si/c1-9-10-11(9)13(15(5,6)12(10)16)17-18(7,8)14(2,3)4/h9-11,13H,1-8H3/t9-,10-,11+,13+/m0/s1. The van der Waals surface area contributed by atoms with Crippen molar-refractivity contribution in [3.63, 3.8) is 0 Å². The Morgan fingerprint density at radius 2 is 1.72 bits per heavy atom. The Kier molecular flexibility index (Phi) is 2.93. The van der Waals surface area contributed by atoms with Crippen LogP contribution >= 0.6 is 0 Å². The van der Waals surface area contributed by atoms with Crippen LogP contribution in [0.3, 0.4) is 0 Å². The van der Waals surface area contributed by atoms with E-state index in [0.717, 1.165) is 0 Å². The maximum absolute atomic E-state index is 12.4. The second-order valence-corrected chi connectivity index (χ2v) is 13.1. The Morgan fingerprint density at radius 3 is 2.11 bits per heavy atom. The SMILES string of the molecule is C[C@H]1[C@@H]2C(=O)C(C)(C)[C@H](O[Si](C)(C)C(C)(C)C)[C@H]12. The molecular weight excluding hydrogens is 240 g/mol. The molecule has 3 heteroatoms. The molecule has 2 nitrogen and oxygen atoms in total. The molecular formula is C15H28O2Si. The monoisotopic (exact) mass is 268 g/mol. The van der Waals surface area contributed by atoms with Crippen LogP contribution in [0.25, 0.3) is 0 Å². The number of fused-ring (bicyclic) bond motifs is 1. The van der Waals surface area contributed by atoms with Crippen molar-refractivity contribution in [3.05, 3.63) is 0 Å². The molecule has 0 unspecified atom stereocenters. The number of carbonyl (C=O) groups is 1. The molecule has 0 spiro atoms. The summed E-state index contributed by atoms with van der Waals surface area (Å²) in [5, 5.41) is 0.211. The number of Topliss-reactive ketones (excluding diaryl/α,β-unsaturated/α-hetero) is 1. The highest BCUT2D eigenvalue weighted by Crippen LogP contribution is 2.63. The molecule has 0 aromatic rings. The van der Waals surface area contributed by atoms with Gasteiger partial charge in [0, 0.05) is 11.3 Å². The molecule has 0 saturated heterocycles. The van der Waals surface area contributed by atoms with Gasteiger partial charge in [0.2, 0.25) is 0 Å². The number of carbonyl (C=O) groups excluding carboxylic acids is 1. The minimum Gasteiger partial charge on any atom is -0.413 e. The van der Waals surface area contributed by atoms with Crippen LogP contribution in [0.1, 0.15) is 41.5 Å². The number of rotatable bonds is 2. The van der Waals surface area contributed by atoms with Gasteiger partial charge in [-0.2, -0.15) is 0 Å². The lowest BCUT2D eigenvalue weighted by Gasteiger charge is -2.42. The van der Waals surface area contributed by atoms with Gasteiger partial charge >= 0.3 is 0 Å². The van der Waals surface area contributed by atoms with Crippen molar-refractivity contribution in [1.82, 2.24) is 0 Å². The molecule has 0 aromatic heterocycles. The fourth-order valence-electron chi connectivity index (χ4n) is 3.14. The molecule has 0 bridgehead atoms. The van der Waals surface area contributed by atoms with E-state index in [2.05, 4.69) is 54.6 Å². The van der Waals surface area contributed by atoms with E-state index in [-0.39, 0.29) is 22.5 Å². The molecule has 2 aliphatic carbocycles. The molecule has 2 rings (SSSR count). The smallest absolute Gasteiger partial charge is 0.192 e. The predicted molar refractivity (Wildman–Crippen MR) is 77.0 cm³/mol. The minimum absolute atomic E-state index is 0.144. The molecule has 0 N–H and O–H groups in total. The van der Waals surface area contributed by atoms with Gasteiger partial charge in [0.15, 0.2) is 8.32 Å². The van der Waals surface area contributed by atoms with Crippen molar-refractivity contribution < 1.29 is 9.22 Å². The molecule has 0 aliphatic heterocycles. The van der Waals surface area contributed by atoms with Crippen molar-refractivity contribution in [1.29, 1.82) is 0 Å². The van der Waals surface area contributed by atoms with Crippen LogP contribution in [-0.4, -0.2) is 20.2 Å². The third-order valence-electron chi connectivity index (χ3n) is 5.67. The van der Waals surface area contributed by atoms with E-state index in [4.69, 9.17) is 4.43 Å². The van der Waals surface area contributed by atoms with Gasteiger partial charge in [-0.05, 0) is 30.0 Å². The highest BCUT2D eigenvalue weighted by Gasteiger charge is 2.69. The maximum Gasteiger partial charge on any atom is 0.192 e. The third-order valence-corrected chi connectivity index (χ3v) is 10.1. The first kappa shape index (κ1) is 14.3. The van der Waals surface area contributed by atoms with E-state index in [9.17, 15) is 4.79 Å². The average molecular weight is 268 g/mol. The fourth-order valence-corrected chi connectivity index (χ4v) is 4.58. The Morgan fingerprint density at radius 1 is 1.22 bits per heavy atom. The molecule has 0 radical (unpaired) electrons. The first-order valence-corrected chi connectivity index (χ1v) is 10.0. The van der Waals surface area contributed by atoms with Gasteiger partial charge in [0.25, 0.3) is 0 Å². The maximum atomic E-state index is 12.4. The van der Waals surface area contributed by atoms with E-state index < -0.39 is 8.32 Å². The van der Waals surface area contributed by atoms with E-state index >= 15 is 0 Å². The van der Waals surface area contributed by atoms with Gasteiger partial charge in [-0.1, -0.05) is 41.5 Å². The number of hydrogen-bond donors (Lipinski definition) is 0. The fraction of sp³-hybridized carbons (Fsp3) is 0.933. The summed E-state index contributed by atoms with van der Waals surface area (Å²) < 4.78 is 6.59. The number of ketones is 1. The molecule has 104 valence electrons. The largest absolute Gasteiger partial charge is 0.413 e. The Hall–Kier alpha value is -0.153. The molecule has 0 aromatic carbocycles. The summed E-state index contributed by atoms with van der Waals surface area (Å²) in [5.41, 5.74) is -0.280. The predicted octanol–water partition coefficient (Wildman–Crippen LogP) is 3.87. The molecule has 0 amide bonds. The summed E-state index contributed by atoms with van der Waals surface area (Å²) in [5.74, 6) is 1.75. The average Bonchev–Trinajstić information content (AvgIpc) is 2.76. The Labute approximate surface area is 113 Å². The van der Waals surface area contributed by atoms with E-state index in [1.54, 1.807) is 0 Å². The molecule has 0 heterocycles. The van der Waals surface area contributed by atoms with Gasteiger partial charge in [0.05, 0.1) is 6.10 Å². The van der Waals surface area contributed by atoms with Gasteiger partial charge < -0.3 is 4.43 Å². The van der Waals surface area contributed by atoms with Crippen LogP contribution in [0.15, 0.2) is 0 Å². The lowest BCUT2D eigenvalue weighted by atomic mass is 9.83. The Bertz CT molecular complexity index is 378. The second kappa shape index (κ2) is 3.69. The highest BCUT2D eigenvalue weighted by molar-refractivity contribution is 6.74. The van der Waals surface area contributed by atoms with Crippen molar-refractivity contribution in [3.8, 4) is 0 Å². The topological polar surface area (TPSA) is 26.3 Å². The Balaban J connectivity index is 2.22. The summed E-state index contributed by atoms with van der Waals surface area (Å²) in [7, 11) is -1.79. The summed E-state index contributed by atoms with van der Waals surface area (Å²) >= 11 is 0. The minimum atomic E-state index is -1.79. The zero-order valence-electron chi connectivity index (χ0n) is 13.1. The van der Waals surface area contributed by atoms with Gasteiger partial charge in [-0.15, -0.1) is 0 Å². The van der Waals surface area contributed by atoms with Gasteiger partial charge in [-0.3, -0.25) is 4.79 Å². The molecule has 2 aliphatic rings. The molecule has 2 saturated carbocycles. The first-order valence-electron chi connectivity index (χ1n) is 7.13. The van der Waals surface area contributed by atoms with E-state index in [0.29, 0.717) is 17.6 Å². The lowest BCUT2D eigenvalue weighted by Crippen LogP contribution is -2.49. The zero-order chi connectivity index (χ0) is 14.1. The lowest BCUT2D eigenvalue weighted by molar-refractivity contribution is -0.130. The van der Waals surface area contributed by atoms with Crippen molar-refractivity contribution in [2.24, 2.45) is 23.2 Å². The van der Waals surface area contributed by atoms with Crippen LogP contribution < -0.4 is 0 Å². The van der Waals surface area contributed by atoms with Crippen molar-refractivity contribution in [2.75, 3.05) is 0 Å². The van der Waals surface area contributed by atoms with Crippen LogP contribution in [0.2, 0.25) is 18.1 Å². The van der Waals surface area contributed by atoms with Crippen LogP contribution in [0.5, 0.6) is 0 Å². The third kappa shape index (κ3) is 1.82. The van der Waals surface area contributed by atoms with Crippen LogP contribution in [-0.2, 0) is 9.22 Å². The summed E-state index contributed by atoms with van der Waals surface area (Å²) in [6.45, 7) is 17.7. The zero-order valence-corrected chi connectivity index (χ0v) is 14.1. The summed E-state index contributed by atoms with van der Waals surface area (Å²) in [4.78, 5) is 12.4. The van der Waals surface area contributed by atoms with E-state index in [1.807, 2.05) is 0 Å². The van der Waals surface area contributed by atoms with Crippen LogP contribution in [0.4, 0.5) is 0 Å². The van der Waals surface area contributed by atoms with Gasteiger partial charge in [0.1, 0.15) is 5.78 Å². The van der Waals surface area contributed by atoms with Crippen molar-refractivity contribution >= 4 is 14.1 Å². The van der Waals surface area contributed by atoms with Gasteiger partial charge in [-0.25, -0.2) is 0 Å². The summed E-state index contributed by atoms with van der Waals surface area (Å²) in [6.07, 6.45) is 0.144. The molecule has 4 atom stereocenters. The van der Waals surface area contributed by atoms with Crippen molar-refractivity contribution in [2.45, 2.75) is 65.8 Å². The van der Waals surface area contributed by atoms with Crippen LogP contribution in [0, 0.1) is 23.2 Å². The normalized spacial score (nSPS) is 38.8.